The van der Waals surface area contributed by atoms with E-state index in [9.17, 15) is 19.5 Å². The number of aliphatic hydroxyl groups excluding tert-OH is 1. The highest BCUT2D eigenvalue weighted by atomic mass is 16.3. The zero-order valence-corrected chi connectivity index (χ0v) is 14.3. The van der Waals surface area contributed by atoms with Crippen LogP contribution in [-0.4, -0.2) is 27.0 Å². The number of benzene rings is 1. The molecule has 0 aliphatic carbocycles. The van der Waals surface area contributed by atoms with Crippen molar-refractivity contribution < 1.29 is 9.90 Å². The minimum Gasteiger partial charge on any atom is -0.395 e. The summed E-state index contributed by atoms with van der Waals surface area (Å²) in [4.78, 5) is 39.7. The van der Waals surface area contributed by atoms with Crippen LogP contribution in [0, 0.1) is 13.8 Å². The quantitative estimate of drug-likeness (QED) is 0.813. The van der Waals surface area contributed by atoms with Gasteiger partial charge >= 0.3 is 5.69 Å². The van der Waals surface area contributed by atoms with Crippen LogP contribution >= 0.6 is 0 Å². The van der Waals surface area contributed by atoms with Crippen molar-refractivity contribution >= 4 is 5.78 Å². The van der Waals surface area contributed by atoms with Gasteiger partial charge in [-0.2, -0.15) is 0 Å². The van der Waals surface area contributed by atoms with E-state index in [-0.39, 0.29) is 36.1 Å². The molecule has 1 heterocycles. The van der Waals surface area contributed by atoms with Crippen molar-refractivity contribution in [2.45, 2.75) is 40.2 Å². The number of carbonyl (C=O) groups excluding carboxylic acids is 1. The van der Waals surface area contributed by atoms with Crippen molar-refractivity contribution in [2.75, 3.05) is 6.61 Å². The molecule has 0 bridgehead atoms. The molecular weight excluding hydrogens is 308 g/mol. The summed E-state index contributed by atoms with van der Waals surface area (Å²) in [5.41, 5.74) is 1.33. The smallest absolute Gasteiger partial charge is 0.329 e. The zero-order valence-electron chi connectivity index (χ0n) is 14.3. The first-order valence-electron chi connectivity index (χ1n) is 7.87. The minimum absolute atomic E-state index is 0.0535. The van der Waals surface area contributed by atoms with Crippen LogP contribution in [0.2, 0.25) is 0 Å². The van der Waals surface area contributed by atoms with Crippen molar-refractivity contribution in [2.24, 2.45) is 0 Å². The monoisotopic (exact) mass is 330 g/mol. The Morgan fingerprint density at radius 1 is 1.17 bits per heavy atom. The van der Waals surface area contributed by atoms with Crippen LogP contribution < -0.4 is 11.2 Å². The van der Waals surface area contributed by atoms with Crippen molar-refractivity contribution in [3.05, 3.63) is 67.0 Å². The molecule has 0 fully saturated rings. The molecule has 24 heavy (non-hydrogen) atoms. The van der Waals surface area contributed by atoms with Crippen LogP contribution in [0.4, 0.5) is 0 Å². The van der Waals surface area contributed by atoms with Gasteiger partial charge in [-0.3, -0.25) is 19.1 Å². The maximum absolute atomic E-state index is 13.1. The lowest BCUT2D eigenvalue weighted by Crippen LogP contribution is -2.38. The molecule has 0 spiro atoms. The van der Waals surface area contributed by atoms with Gasteiger partial charge in [-0.1, -0.05) is 31.0 Å². The maximum Gasteiger partial charge on any atom is 0.329 e. The lowest BCUT2D eigenvalue weighted by atomic mass is 9.95. The zero-order chi connectivity index (χ0) is 18.0. The van der Waals surface area contributed by atoms with Gasteiger partial charge in [-0.25, -0.2) is 4.79 Å². The summed E-state index contributed by atoms with van der Waals surface area (Å²) < 4.78 is 1.15. The molecule has 0 amide bonds. The average Bonchev–Trinajstić information content (AvgIpc) is 2.47. The van der Waals surface area contributed by atoms with Gasteiger partial charge in [0, 0.05) is 11.1 Å². The Morgan fingerprint density at radius 3 is 2.25 bits per heavy atom. The second-order valence-electron chi connectivity index (χ2n) is 6.26. The molecule has 0 aliphatic heterocycles. The van der Waals surface area contributed by atoms with Crippen LogP contribution in [0.25, 0.3) is 0 Å². The average molecular weight is 330 g/mol. The number of H-pyrrole nitrogens is 1. The van der Waals surface area contributed by atoms with Gasteiger partial charge < -0.3 is 5.11 Å². The Morgan fingerprint density at radius 2 is 1.75 bits per heavy atom. The normalized spacial score (nSPS) is 11.1. The van der Waals surface area contributed by atoms with E-state index in [4.69, 9.17) is 0 Å². The molecule has 1 aromatic carbocycles. The number of nitrogens with zero attached hydrogens (tertiary/aromatic N) is 1. The van der Waals surface area contributed by atoms with Gasteiger partial charge in [0.1, 0.15) is 5.69 Å². The SMILES string of the molecule is Cc1cc(C)cc(C(=O)c2c(C(C)C)c(=O)[nH]c(=O)n2CCO)c1. The number of nitrogens with one attached hydrogen (secondary N) is 1. The van der Waals surface area contributed by atoms with Crippen LogP contribution in [0.5, 0.6) is 0 Å². The molecule has 0 atom stereocenters. The number of rotatable bonds is 5. The fourth-order valence-corrected chi connectivity index (χ4v) is 2.92. The fourth-order valence-electron chi connectivity index (χ4n) is 2.92. The van der Waals surface area contributed by atoms with Gasteiger partial charge in [0.25, 0.3) is 5.56 Å². The van der Waals surface area contributed by atoms with Gasteiger partial charge in [-0.05, 0) is 31.9 Å². The van der Waals surface area contributed by atoms with E-state index in [0.717, 1.165) is 15.7 Å². The summed E-state index contributed by atoms with van der Waals surface area (Å²) in [7, 11) is 0. The molecule has 0 radical (unpaired) electrons. The number of carbonyl (C=O) groups is 1. The molecule has 128 valence electrons. The Bertz CT molecular complexity index is 871. The number of aromatic nitrogens is 2. The van der Waals surface area contributed by atoms with Crippen molar-refractivity contribution in [1.82, 2.24) is 9.55 Å². The molecule has 0 saturated carbocycles. The highest BCUT2D eigenvalue weighted by molar-refractivity contribution is 6.09. The van der Waals surface area contributed by atoms with Crippen molar-refractivity contribution in [3.8, 4) is 0 Å². The van der Waals surface area contributed by atoms with Crippen LogP contribution in [0.15, 0.2) is 27.8 Å². The van der Waals surface area contributed by atoms with Crippen molar-refractivity contribution in [1.29, 1.82) is 0 Å². The Labute approximate surface area is 139 Å². The first kappa shape index (κ1) is 17.9. The van der Waals surface area contributed by atoms with E-state index in [0.29, 0.717) is 5.56 Å². The number of aliphatic hydroxyl groups is 1. The molecule has 1 aromatic heterocycles. The summed E-state index contributed by atoms with van der Waals surface area (Å²) in [6.07, 6.45) is 0. The summed E-state index contributed by atoms with van der Waals surface area (Å²) in [6.45, 7) is 6.97. The first-order valence-corrected chi connectivity index (χ1v) is 7.87. The molecule has 0 aliphatic rings. The number of aryl methyl sites for hydroxylation is 2. The van der Waals surface area contributed by atoms with Gasteiger partial charge in [0.2, 0.25) is 5.78 Å². The third kappa shape index (κ3) is 3.38. The van der Waals surface area contributed by atoms with E-state index in [1.807, 2.05) is 19.9 Å². The molecule has 0 saturated heterocycles. The number of hydrogen-bond acceptors (Lipinski definition) is 4. The topological polar surface area (TPSA) is 92.2 Å². The van der Waals surface area contributed by atoms with E-state index >= 15 is 0 Å². The van der Waals surface area contributed by atoms with E-state index in [2.05, 4.69) is 4.98 Å². The third-order valence-electron chi connectivity index (χ3n) is 3.84. The Balaban J connectivity index is 2.81. The van der Waals surface area contributed by atoms with Crippen molar-refractivity contribution in [3.63, 3.8) is 0 Å². The summed E-state index contributed by atoms with van der Waals surface area (Å²) in [5.74, 6) is -0.633. The third-order valence-corrected chi connectivity index (χ3v) is 3.84. The first-order chi connectivity index (χ1) is 11.3. The van der Waals surface area contributed by atoms with Crippen LogP contribution in [-0.2, 0) is 6.54 Å². The van der Waals surface area contributed by atoms with Gasteiger partial charge in [0.05, 0.1) is 13.2 Å². The summed E-state index contributed by atoms with van der Waals surface area (Å²) in [6, 6.07) is 5.40. The highest BCUT2D eigenvalue weighted by Gasteiger charge is 2.24. The maximum atomic E-state index is 13.1. The molecule has 2 rings (SSSR count). The predicted molar refractivity (Wildman–Crippen MR) is 91.8 cm³/mol. The fraction of sp³-hybridized carbons (Fsp3) is 0.389. The van der Waals surface area contributed by atoms with Crippen LogP contribution in [0.3, 0.4) is 0 Å². The summed E-state index contributed by atoms with van der Waals surface area (Å²) in [5, 5.41) is 9.24. The van der Waals surface area contributed by atoms with E-state index in [1.54, 1.807) is 26.0 Å². The van der Waals surface area contributed by atoms with Gasteiger partial charge in [0.15, 0.2) is 0 Å². The highest BCUT2D eigenvalue weighted by Crippen LogP contribution is 2.19. The second-order valence-corrected chi connectivity index (χ2v) is 6.26. The van der Waals surface area contributed by atoms with E-state index in [1.165, 1.54) is 0 Å². The second kappa shape index (κ2) is 6.97. The molecule has 2 aromatic rings. The lowest BCUT2D eigenvalue weighted by molar-refractivity contribution is 0.102. The Kier molecular flexibility index (Phi) is 5.19. The molecule has 6 nitrogen and oxygen atoms in total. The predicted octanol–water partition coefficient (Wildman–Crippen LogP) is 1.50. The van der Waals surface area contributed by atoms with E-state index < -0.39 is 11.2 Å². The van der Waals surface area contributed by atoms with Gasteiger partial charge in [-0.15, -0.1) is 0 Å². The molecular formula is C18H22N2O4. The summed E-state index contributed by atoms with van der Waals surface area (Å²) >= 11 is 0. The van der Waals surface area contributed by atoms with Crippen LogP contribution in [0.1, 0.15) is 52.5 Å². The molecule has 2 N–H and O–H groups in total. The number of aromatic amines is 1. The largest absolute Gasteiger partial charge is 0.395 e. The Hall–Kier alpha value is -2.47. The standard InChI is InChI=1S/C18H22N2O4/c1-10(2)14-15(20(5-6-21)18(24)19-17(14)23)16(22)13-8-11(3)7-12(4)9-13/h7-10,21H,5-6H2,1-4H3,(H,19,23,24). The lowest BCUT2D eigenvalue weighted by Gasteiger charge is -2.17. The minimum atomic E-state index is -0.689. The number of hydrogen-bond donors (Lipinski definition) is 2. The molecule has 6 heteroatoms. The molecule has 0 unspecified atom stereocenters. The number of ketones is 1.